The maximum Gasteiger partial charge on any atom is 0.301 e. The lowest BCUT2D eigenvalue weighted by Gasteiger charge is -2.28. The van der Waals surface area contributed by atoms with Crippen LogP contribution in [0.25, 0.3) is 16.0 Å². The van der Waals surface area contributed by atoms with Crippen LogP contribution in [0.15, 0.2) is 66.2 Å². The highest BCUT2D eigenvalue weighted by Crippen LogP contribution is 2.45. The molecule has 9 heteroatoms. The average Bonchev–Trinajstić information content (AvgIpc) is 3.45. The van der Waals surface area contributed by atoms with Crippen LogP contribution in [0.2, 0.25) is 0 Å². The molecule has 1 N–H and O–H groups in total. The van der Waals surface area contributed by atoms with E-state index in [-0.39, 0.29) is 11.3 Å². The Morgan fingerprint density at radius 1 is 1.13 bits per heavy atom. The summed E-state index contributed by atoms with van der Waals surface area (Å²) in [6.07, 6.45) is 0. The number of rotatable bonds is 4. The number of nitrogens with zero attached hydrogens (tertiary/aromatic N) is 3. The Hall–Kier alpha value is -4.37. The minimum atomic E-state index is -0.845. The van der Waals surface area contributed by atoms with Crippen molar-refractivity contribution in [1.29, 1.82) is 0 Å². The predicted molar refractivity (Wildman–Crippen MR) is 147 cm³/mol. The van der Waals surface area contributed by atoms with Gasteiger partial charge in [-0.1, -0.05) is 41.2 Å². The Kier molecular flexibility index (Phi) is 5.80. The largest absolute Gasteiger partial charge is 0.507 e. The average molecular weight is 528 g/mol. The van der Waals surface area contributed by atoms with Gasteiger partial charge in [-0.05, 0) is 48.9 Å². The molecule has 0 saturated carbocycles. The molecule has 3 heterocycles. The van der Waals surface area contributed by atoms with Crippen molar-refractivity contribution in [2.75, 3.05) is 37.1 Å². The van der Waals surface area contributed by atoms with Crippen molar-refractivity contribution in [2.45, 2.75) is 13.0 Å². The SMILES string of the molecule is COc1ccc2nc(N3C(=O)C(=O)/C(=C(/O)c4ccc5c(c4)N(C)CCO5)C3c3cccc(C)c3)sc2c1. The van der Waals surface area contributed by atoms with Gasteiger partial charge < -0.3 is 19.5 Å². The highest BCUT2D eigenvalue weighted by Gasteiger charge is 2.48. The van der Waals surface area contributed by atoms with Gasteiger partial charge in [0.2, 0.25) is 0 Å². The summed E-state index contributed by atoms with van der Waals surface area (Å²) >= 11 is 1.30. The standard InChI is InChI=1S/C29H25N3O5S/c1-16-5-4-6-17(13-16)25-24(26(33)18-7-10-22-21(14-18)31(2)11-12-37-22)27(34)28(35)32(25)29-30-20-9-8-19(36-3)15-23(20)38-29/h4-10,13-15,25,33H,11-12H2,1-3H3/b26-24+. The van der Waals surface area contributed by atoms with Crippen molar-refractivity contribution in [3.8, 4) is 11.5 Å². The van der Waals surface area contributed by atoms with Gasteiger partial charge in [0, 0.05) is 12.6 Å². The molecule has 1 amide bonds. The first kappa shape index (κ1) is 24.0. The van der Waals surface area contributed by atoms with Crippen LogP contribution in [0.5, 0.6) is 11.5 Å². The second kappa shape index (κ2) is 9.18. The molecule has 4 aromatic rings. The quantitative estimate of drug-likeness (QED) is 0.225. The number of hydrogen-bond donors (Lipinski definition) is 1. The summed E-state index contributed by atoms with van der Waals surface area (Å²) in [7, 11) is 3.53. The van der Waals surface area contributed by atoms with Crippen LogP contribution in [-0.2, 0) is 9.59 Å². The number of Topliss-reactive ketones (excluding diaryl/α,β-unsaturated/α-hetero) is 1. The zero-order chi connectivity index (χ0) is 26.6. The monoisotopic (exact) mass is 527 g/mol. The number of amides is 1. The van der Waals surface area contributed by atoms with Crippen LogP contribution in [0, 0.1) is 6.92 Å². The van der Waals surface area contributed by atoms with E-state index < -0.39 is 17.7 Å². The molecule has 1 atom stereocenters. The number of aliphatic hydroxyl groups is 1. The third kappa shape index (κ3) is 3.86. The number of ether oxygens (including phenoxy) is 2. The van der Waals surface area contributed by atoms with Gasteiger partial charge in [0.05, 0.1) is 41.2 Å². The molecule has 1 aromatic heterocycles. The topological polar surface area (TPSA) is 92.2 Å². The molecule has 0 bridgehead atoms. The lowest BCUT2D eigenvalue weighted by molar-refractivity contribution is -0.132. The molecule has 6 rings (SSSR count). The second-order valence-corrected chi connectivity index (χ2v) is 10.4. The number of benzene rings is 3. The number of carbonyl (C=O) groups excluding carboxylic acids is 2. The van der Waals surface area contributed by atoms with Gasteiger partial charge in [-0.2, -0.15) is 0 Å². The van der Waals surface area contributed by atoms with E-state index in [1.165, 1.54) is 16.2 Å². The van der Waals surface area contributed by atoms with E-state index in [4.69, 9.17) is 9.47 Å². The number of thiazole rings is 1. The van der Waals surface area contributed by atoms with Gasteiger partial charge in [0.25, 0.3) is 5.78 Å². The van der Waals surface area contributed by atoms with Crippen molar-refractivity contribution >= 4 is 49.8 Å². The molecule has 2 aliphatic rings. The lowest BCUT2D eigenvalue weighted by atomic mass is 9.94. The summed E-state index contributed by atoms with van der Waals surface area (Å²) < 4.78 is 11.9. The molecule has 1 unspecified atom stereocenters. The molecule has 8 nitrogen and oxygen atoms in total. The zero-order valence-electron chi connectivity index (χ0n) is 21.1. The third-order valence-corrected chi connectivity index (χ3v) is 7.94. The molecular weight excluding hydrogens is 502 g/mol. The number of carbonyl (C=O) groups is 2. The fraction of sp³-hybridized carbons (Fsp3) is 0.207. The maximum absolute atomic E-state index is 13.6. The third-order valence-electron chi connectivity index (χ3n) is 6.92. The smallest absolute Gasteiger partial charge is 0.301 e. The highest BCUT2D eigenvalue weighted by atomic mass is 32.1. The second-order valence-electron chi connectivity index (χ2n) is 9.37. The number of methoxy groups -OCH3 is 1. The Morgan fingerprint density at radius 2 is 1.97 bits per heavy atom. The van der Waals surface area contributed by atoms with Gasteiger partial charge in [0.1, 0.15) is 23.9 Å². The molecular formula is C29H25N3O5S. The fourth-order valence-electron chi connectivity index (χ4n) is 4.96. The summed E-state index contributed by atoms with van der Waals surface area (Å²) in [6, 6.07) is 17.5. The molecule has 192 valence electrons. The van der Waals surface area contributed by atoms with Crippen LogP contribution in [0.4, 0.5) is 10.8 Å². The molecule has 38 heavy (non-hydrogen) atoms. The van der Waals surface area contributed by atoms with Crippen LogP contribution in [0.1, 0.15) is 22.7 Å². The molecule has 3 aromatic carbocycles. The number of ketones is 1. The molecule has 2 aliphatic heterocycles. The minimum Gasteiger partial charge on any atom is -0.507 e. The van der Waals surface area contributed by atoms with Crippen molar-refractivity contribution < 1.29 is 24.2 Å². The van der Waals surface area contributed by atoms with E-state index in [1.54, 1.807) is 31.4 Å². The summed E-state index contributed by atoms with van der Waals surface area (Å²) in [6.45, 7) is 3.22. The number of fused-ring (bicyclic) bond motifs is 2. The van der Waals surface area contributed by atoms with Crippen LogP contribution in [-0.4, -0.2) is 49.1 Å². The number of anilines is 2. The van der Waals surface area contributed by atoms with Gasteiger partial charge >= 0.3 is 5.91 Å². The van der Waals surface area contributed by atoms with E-state index in [2.05, 4.69) is 4.98 Å². The molecule has 0 spiro atoms. The lowest BCUT2D eigenvalue weighted by Crippen LogP contribution is -2.29. The number of likely N-dealkylation sites (N-methyl/N-ethyl adjacent to an activating group) is 1. The van der Waals surface area contributed by atoms with E-state index in [0.29, 0.717) is 46.4 Å². The van der Waals surface area contributed by atoms with Crippen molar-refractivity contribution in [1.82, 2.24) is 4.98 Å². The highest BCUT2D eigenvalue weighted by molar-refractivity contribution is 7.22. The maximum atomic E-state index is 13.6. The van der Waals surface area contributed by atoms with Crippen molar-refractivity contribution in [3.05, 3.63) is 82.9 Å². The normalized spacial score (nSPS) is 18.6. The Morgan fingerprint density at radius 3 is 2.76 bits per heavy atom. The van der Waals surface area contributed by atoms with Crippen molar-refractivity contribution in [2.24, 2.45) is 0 Å². The number of hydrogen-bond acceptors (Lipinski definition) is 8. The number of aryl methyl sites for hydroxylation is 1. The minimum absolute atomic E-state index is 0.0248. The van der Waals surface area contributed by atoms with E-state index in [1.807, 2.05) is 55.3 Å². The van der Waals surface area contributed by atoms with Gasteiger partial charge in [-0.3, -0.25) is 14.5 Å². The molecule has 1 saturated heterocycles. The fourth-order valence-corrected chi connectivity index (χ4v) is 5.98. The predicted octanol–water partition coefficient (Wildman–Crippen LogP) is 5.07. The van der Waals surface area contributed by atoms with Crippen LogP contribution < -0.4 is 19.3 Å². The number of aromatic nitrogens is 1. The molecule has 0 aliphatic carbocycles. The van der Waals surface area contributed by atoms with Crippen LogP contribution >= 0.6 is 11.3 Å². The first-order valence-corrected chi connectivity index (χ1v) is 13.0. The van der Waals surface area contributed by atoms with Crippen LogP contribution in [0.3, 0.4) is 0 Å². The summed E-state index contributed by atoms with van der Waals surface area (Å²) in [5.74, 6) is -0.347. The van der Waals surface area contributed by atoms with Crippen molar-refractivity contribution in [3.63, 3.8) is 0 Å². The van der Waals surface area contributed by atoms with E-state index in [9.17, 15) is 14.7 Å². The molecule has 0 radical (unpaired) electrons. The van der Waals surface area contributed by atoms with Gasteiger partial charge in [0.15, 0.2) is 5.13 Å². The number of aliphatic hydroxyl groups excluding tert-OH is 1. The van der Waals surface area contributed by atoms with E-state index in [0.717, 1.165) is 16.0 Å². The van der Waals surface area contributed by atoms with E-state index >= 15 is 0 Å². The summed E-state index contributed by atoms with van der Waals surface area (Å²) in [4.78, 5) is 35.2. The van der Waals surface area contributed by atoms with Gasteiger partial charge in [-0.25, -0.2) is 4.98 Å². The Balaban J connectivity index is 1.54. The summed E-state index contributed by atoms with van der Waals surface area (Å²) in [5.41, 5.74) is 3.63. The van der Waals surface area contributed by atoms with Gasteiger partial charge in [-0.15, -0.1) is 0 Å². The zero-order valence-corrected chi connectivity index (χ0v) is 21.9. The Bertz CT molecular complexity index is 1640. The Labute approximate surface area is 223 Å². The molecule has 1 fully saturated rings. The first-order valence-electron chi connectivity index (χ1n) is 12.2. The summed E-state index contributed by atoms with van der Waals surface area (Å²) in [5, 5.41) is 11.9. The first-order chi connectivity index (χ1) is 18.4.